The fourth-order valence-corrected chi connectivity index (χ4v) is 1.68. The first-order valence-corrected chi connectivity index (χ1v) is 7.12. The van der Waals surface area contributed by atoms with Crippen molar-refractivity contribution in [2.45, 2.75) is 6.43 Å². The number of halogens is 2. The monoisotopic (exact) mass is 292 g/mol. The van der Waals surface area contributed by atoms with Gasteiger partial charge < -0.3 is 4.74 Å². The molecule has 0 bridgehead atoms. The number of hydrogen-bond donors (Lipinski definition) is 0. The maximum Gasteiger partial charge on any atom is 0.264 e. The van der Waals surface area contributed by atoms with Crippen LogP contribution in [0.15, 0.2) is 30.3 Å². The third-order valence-corrected chi connectivity index (χ3v) is 2.81. The summed E-state index contributed by atoms with van der Waals surface area (Å²) in [5.41, 5.74) is -0.000737. The van der Waals surface area contributed by atoms with Gasteiger partial charge in [0.15, 0.2) is 0 Å². The lowest BCUT2D eigenvalue weighted by Crippen LogP contribution is -2.04. The van der Waals surface area contributed by atoms with E-state index in [1.807, 2.05) is 0 Å². The zero-order valence-corrected chi connectivity index (χ0v) is 11.3. The molecule has 0 unspecified atom stereocenters. The number of ether oxygens (including phenoxy) is 1. The molecular formula is C12H14F2O4S. The van der Waals surface area contributed by atoms with Crippen LogP contribution in [0.25, 0.3) is 5.57 Å². The minimum Gasteiger partial charge on any atom is -0.497 e. The Bertz CT molecular complexity index is 535. The van der Waals surface area contributed by atoms with Gasteiger partial charge in [-0.25, -0.2) is 8.78 Å². The van der Waals surface area contributed by atoms with E-state index in [0.717, 1.165) is 12.3 Å². The molecule has 0 aliphatic rings. The van der Waals surface area contributed by atoms with Crippen LogP contribution in [0.5, 0.6) is 5.75 Å². The molecule has 0 radical (unpaired) electrons. The quantitative estimate of drug-likeness (QED) is 0.755. The van der Waals surface area contributed by atoms with Gasteiger partial charge in [0.05, 0.1) is 20.0 Å². The minimum absolute atomic E-state index is 0.285. The first-order valence-electron chi connectivity index (χ1n) is 5.30. The van der Waals surface area contributed by atoms with Crippen molar-refractivity contribution >= 4 is 15.7 Å². The molecule has 0 saturated carbocycles. The molecule has 4 nitrogen and oxygen atoms in total. The van der Waals surface area contributed by atoms with Crippen molar-refractivity contribution in [2.75, 3.05) is 20.0 Å². The summed E-state index contributed by atoms with van der Waals surface area (Å²) in [5.74, 6) is 0.546. The van der Waals surface area contributed by atoms with E-state index < -0.39 is 23.2 Å². The van der Waals surface area contributed by atoms with Crippen LogP contribution < -0.4 is 4.74 Å². The molecule has 1 aromatic rings. The summed E-state index contributed by atoms with van der Waals surface area (Å²) in [5, 5.41) is 0. The number of benzene rings is 1. The van der Waals surface area contributed by atoms with Crippen molar-refractivity contribution in [1.82, 2.24) is 0 Å². The van der Waals surface area contributed by atoms with Gasteiger partial charge in [0.25, 0.3) is 16.5 Å². The van der Waals surface area contributed by atoms with E-state index in [1.54, 1.807) is 12.1 Å². The molecule has 0 N–H and O–H groups in total. The van der Waals surface area contributed by atoms with Crippen molar-refractivity contribution in [3.8, 4) is 5.75 Å². The average Bonchev–Trinajstić information content (AvgIpc) is 2.33. The van der Waals surface area contributed by atoms with Crippen molar-refractivity contribution < 1.29 is 26.1 Å². The van der Waals surface area contributed by atoms with Crippen molar-refractivity contribution in [3.05, 3.63) is 35.9 Å². The zero-order valence-electron chi connectivity index (χ0n) is 10.5. The molecule has 1 aromatic carbocycles. The summed E-state index contributed by atoms with van der Waals surface area (Å²) in [6.45, 7) is -0.426. The van der Waals surface area contributed by atoms with Crippen LogP contribution in [0, 0.1) is 0 Å². The predicted molar refractivity (Wildman–Crippen MR) is 67.8 cm³/mol. The van der Waals surface area contributed by atoms with E-state index in [4.69, 9.17) is 4.74 Å². The lowest BCUT2D eigenvalue weighted by molar-refractivity contribution is 0.214. The average molecular weight is 292 g/mol. The van der Waals surface area contributed by atoms with Gasteiger partial charge in [-0.1, -0.05) is 12.1 Å². The second kappa shape index (κ2) is 6.63. The molecule has 0 aliphatic heterocycles. The normalized spacial score (nSPS) is 12.8. The van der Waals surface area contributed by atoms with E-state index in [2.05, 4.69) is 4.18 Å². The highest BCUT2D eigenvalue weighted by atomic mass is 32.2. The number of allylic oxidation sites excluding steroid dienone is 1. The van der Waals surface area contributed by atoms with Gasteiger partial charge in [0, 0.05) is 5.57 Å². The van der Waals surface area contributed by atoms with Gasteiger partial charge in [0.1, 0.15) is 5.75 Å². The van der Waals surface area contributed by atoms with Gasteiger partial charge in [-0.2, -0.15) is 8.42 Å². The molecule has 19 heavy (non-hydrogen) atoms. The Morgan fingerprint density at radius 3 is 2.32 bits per heavy atom. The molecule has 0 fully saturated rings. The maximum atomic E-state index is 12.9. The number of alkyl halides is 2. The van der Waals surface area contributed by atoms with E-state index in [1.165, 1.54) is 19.2 Å². The maximum absolute atomic E-state index is 12.9. The molecule has 1 rings (SSSR count). The van der Waals surface area contributed by atoms with Gasteiger partial charge >= 0.3 is 0 Å². The fraction of sp³-hybridized carbons (Fsp3) is 0.333. The van der Waals surface area contributed by atoms with Gasteiger partial charge in [-0.05, 0) is 23.8 Å². The standard InChI is InChI=1S/C12H14F2O4S/c1-17-10-5-3-9(4-6-10)11(12(13)14)7-8-18-19(2,15)16/h3-7,12H,8H2,1-2H3/b11-7-. The molecule has 106 valence electrons. The van der Waals surface area contributed by atoms with Crippen LogP contribution in [0.1, 0.15) is 5.56 Å². The summed E-state index contributed by atoms with van der Waals surface area (Å²) in [4.78, 5) is 0. The molecule has 0 amide bonds. The van der Waals surface area contributed by atoms with E-state index in [9.17, 15) is 17.2 Å². The second-order valence-corrected chi connectivity index (χ2v) is 5.32. The fourth-order valence-electron chi connectivity index (χ4n) is 1.36. The number of methoxy groups -OCH3 is 1. The number of hydrogen-bond acceptors (Lipinski definition) is 4. The van der Waals surface area contributed by atoms with E-state index in [0.29, 0.717) is 5.75 Å². The third-order valence-electron chi connectivity index (χ3n) is 2.24. The predicted octanol–water partition coefficient (Wildman–Crippen LogP) is 2.32. The topological polar surface area (TPSA) is 52.6 Å². The van der Waals surface area contributed by atoms with Crippen LogP contribution in [0.4, 0.5) is 8.78 Å². The summed E-state index contributed by atoms with van der Waals surface area (Å²) < 4.78 is 56.6. The molecule has 0 saturated heterocycles. The van der Waals surface area contributed by atoms with Gasteiger partial charge in [-0.15, -0.1) is 0 Å². The Hall–Kier alpha value is -1.47. The Morgan fingerprint density at radius 1 is 1.32 bits per heavy atom. The Kier molecular flexibility index (Phi) is 5.44. The minimum atomic E-state index is -3.65. The first kappa shape index (κ1) is 15.6. The molecule has 0 heterocycles. The largest absolute Gasteiger partial charge is 0.497 e. The highest BCUT2D eigenvalue weighted by Crippen LogP contribution is 2.24. The molecule has 7 heteroatoms. The SMILES string of the molecule is COc1ccc(/C(=C/COS(C)(=O)=O)C(F)F)cc1. The smallest absolute Gasteiger partial charge is 0.264 e. The van der Waals surface area contributed by atoms with Crippen LogP contribution in [0.2, 0.25) is 0 Å². The van der Waals surface area contributed by atoms with Crippen molar-refractivity contribution in [3.63, 3.8) is 0 Å². The Morgan fingerprint density at radius 2 is 1.89 bits per heavy atom. The Labute approximate surface area is 110 Å². The zero-order chi connectivity index (χ0) is 14.5. The summed E-state index contributed by atoms with van der Waals surface area (Å²) in [7, 11) is -2.18. The van der Waals surface area contributed by atoms with Crippen LogP contribution in [-0.4, -0.2) is 34.8 Å². The van der Waals surface area contributed by atoms with Crippen molar-refractivity contribution in [1.29, 1.82) is 0 Å². The summed E-state index contributed by atoms with van der Waals surface area (Å²) >= 11 is 0. The number of rotatable bonds is 6. The summed E-state index contributed by atoms with van der Waals surface area (Å²) in [6.07, 6.45) is -0.819. The van der Waals surface area contributed by atoms with Crippen LogP contribution >= 0.6 is 0 Å². The summed E-state index contributed by atoms with van der Waals surface area (Å²) in [6, 6.07) is 6.03. The van der Waals surface area contributed by atoms with Crippen LogP contribution in [0.3, 0.4) is 0 Å². The highest BCUT2D eigenvalue weighted by molar-refractivity contribution is 7.85. The first-order chi connectivity index (χ1) is 8.83. The van der Waals surface area contributed by atoms with E-state index >= 15 is 0 Å². The van der Waals surface area contributed by atoms with E-state index in [-0.39, 0.29) is 11.1 Å². The molecule has 0 atom stereocenters. The molecular weight excluding hydrogens is 278 g/mol. The highest BCUT2D eigenvalue weighted by Gasteiger charge is 2.13. The third kappa shape index (κ3) is 5.35. The van der Waals surface area contributed by atoms with Gasteiger partial charge in [0.2, 0.25) is 0 Å². The van der Waals surface area contributed by atoms with Crippen LogP contribution in [-0.2, 0) is 14.3 Å². The molecule has 0 aliphatic carbocycles. The second-order valence-electron chi connectivity index (χ2n) is 3.68. The van der Waals surface area contributed by atoms with Crippen molar-refractivity contribution in [2.24, 2.45) is 0 Å². The lowest BCUT2D eigenvalue weighted by Gasteiger charge is -2.08. The van der Waals surface area contributed by atoms with Gasteiger partial charge in [-0.3, -0.25) is 4.18 Å². The molecule has 0 aromatic heterocycles. The lowest BCUT2D eigenvalue weighted by atomic mass is 10.1. The Balaban J connectivity index is 2.90. The molecule has 0 spiro atoms.